The number of hydrogen-bond acceptors (Lipinski definition) is 4. The zero-order valence-corrected chi connectivity index (χ0v) is 11.3. The maximum atomic E-state index is 5.61. The molecule has 0 radical (unpaired) electrons. The van der Waals surface area contributed by atoms with Gasteiger partial charge in [0.05, 0.1) is 0 Å². The van der Waals surface area contributed by atoms with Gasteiger partial charge in [0.2, 0.25) is 0 Å². The summed E-state index contributed by atoms with van der Waals surface area (Å²) < 4.78 is 11.0. The molecular formula is C15H20N2O2. The van der Waals surface area contributed by atoms with E-state index in [1.807, 2.05) is 6.07 Å². The van der Waals surface area contributed by atoms with Gasteiger partial charge in [-0.05, 0) is 37.0 Å². The summed E-state index contributed by atoms with van der Waals surface area (Å²) in [6.07, 6.45) is 3.14. The van der Waals surface area contributed by atoms with Crippen LogP contribution in [-0.2, 0) is 11.2 Å². The van der Waals surface area contributed by atoms with Gasteiger partial charge in [0.1, 0.15) is 5.52 Å². The summed E-state index contributed by atoms with van der Waals surface area (Å²) in [5.74, 6) is 1.52. The van der Waals surface area contributed by atoms with Crippen LogP contribution < -0.4 is 5.32 Å². The standard InChI is InChI=1S/C15H20N2O2/c1-2-15-17-13-9-12(3-4-14(13)19-15)16-10-11-5-7-18-8-6-11/h3-4,9,11,16H,2,5-8,10H2,1H3. The molecule has 1 aromatic heterocycles. The maximum Gasteiger partial charge on any atom is 0.195 e. The molecule has 0 saturated carbocycles. The van der Waals surface area contributed by atoms with Crippen LogP contribution in [0.25, 0.3) is 11.1 Å². The first-order chi connectivity index (χ1) is 9.35. The third kappa shape index (κ3) is 2.89. The molecule has 4 heteroatoms. The van der Waals surface area contributed by atoms with Crippen LogP contribution in [0.1, 0.15) is 25.7 Å². The molecule has 0 aliphatic carbocycles. The van der Waals surface area contributed by atoms with Crippen LogP contribution in [0.2, 0.25) is 0 Å². The molecule has 1 fully saturated rings. The zero-order chi connectivity index (χ0) is 13.1. The predicted octanol–water partition coefficient (Wildman–Crippen LogP) is 3.23. The molecule has 0 unspecified atom stereocenters. The number of ether oxygens (including phenoxy) is 1. The molecular weight excluding hydrogens is 240 g/mol. The highest BCUT2D eigenvalue weighted by Gasteiger charge is 2.13. The summed E-state index contributed by atoms with van der Waals surface area (Å²) in [6, 6.07) is 6.12. The number of aromatic nitrogens is 1. The fraction of sp³-hybridized carbons (Fsp3) is 0.533. The van der Waals surface area contributed by atoms with E-state index in [0.29, 0.717) is 5.92 Å². The highest BCUT2D eigenvalue weighted by Crippen LogP contribution is 2.21. The molecule has 1 aliphatic rings. The predicted molar refractivity (Wildman–Crippen MR) is 75.4 cm³/mol. The average molecular weight is 260 g/mol. The van der Waals surface area contributed by atoms with Crippen LogP contribution in [0.15, 0.2) is 22.6 Å². The van der Waals surface area contributed by atoms with E-state index in [0.717, 1.165) is 61.7 Å². The highest BCUT2D eigenvalue weighted by molar-refractivity contribution is 5.77. The van der Waals surface area contributed by atoms with Crippen LogP contribution in [-0.4, -0.2) is 24.7 Å². The Kier molecular flexibility index (Phi) is 3.69. The smallest absolute Gasteiger partial charge is 0.195 e. The number of nitrogens with zero attached hydrogens (tertiary/aromatic N) is 1. The lowest BCUT2D eigenvalue weighted by Gasteiger charge is -2.22. The largest absolute Gasteiger partial charge is 0.441 e. The summed E-state index contributed by atoms with van der Waals surface area (Å²) in [5, 5.41) is 3.50. The lowest BCUT2D eigenvalue weighted by atomic mass is 10.0. The third-order valence-electron chi connectivity index (χ3n) is 3.67. The van der Waals surface area contributed by atoms with E-state index in [2.05, 4.69) is 29.4 Å². The fourth-order valence-corrected chi connectivity index (χ4v) is 2.45. The minimum atomic E-state index is 0.716. The molecule has 102 valence electrons. The molecule has 3 rings (SSSR count). The Bertz CT molecular complexity index is 544. The first-order valence-corrected chi connectivity index (χ1v) is 7.06. The molecule has 1 saturated heterocycles. The van der Waals surface area contributed by atoms with E-state index in [9.17, 15) is 0 Å². The summed E-state index contributed by atoms with van der Waals surface area (Å²) in [6.45, 7) is 4.85. The lowest BCUT2D eigenvalue weighted by molar-refractivity contribution is 0.0699. The minimum absolute atomic E-state index is 0.716. The quantitative estimate of drug-likeness (QED) is 0.916. The van der Waals surface area contributed by atoms with Gasteiger partial charge in [-0.25, -0.2) is 4.98 Å². The molecule has 1 aromatic carbocycles. The molecule has 4 nitrogen and oxygen atoms in total. The molecule has 0 spiro atoms. The van der Waals surface area contributed by atoms with Gasteiger partial charge in [-0.2, -0.15) is 0 Å². The monoisotopic (exact) mass is 260 g/mol. The summed E-state index contributed by atoms with van der Waals surface area (Å²) in [5.41, 5.74) is 2.93. The van der Waals surface area contributed by atoms with Crippen LogP contribution >= 0.6 is 0 Å². The third-order valence-corrected chi connectivity index (χ3v) is 3.67. The van der Waals surface area contributed by atoms with E-state index >= 15 is 0 Å². The van der Waals surface area contributed by atoms with Crippen LogP contribution in [0, 0.1) is 5.92 Å². The first kappa shape index (κ1) is 12.5. The van der Waals surface area contributed by atoms with Crippen LogP contribution in [0.3, 0.4) is 0 Å². The van der Waals surface area contributed by atoms with Crippen LogP contribution in [0.4, 0.5) is 5.69 Å². The number of aryl methyl sites for hydroxylation is 1. The Morgan fingerprint density at radius 1 is 1.32 bits per heavy atom. The van der Waals surface area contributed by atoms with Crippen molar-refractivity contribution in [3.63, 3.8) is 0 Å². The second-order valence-electron chi connectivity index (χ2n) is 5.08. The van der Waals surface area contributed by atoms with Gasteiger partial charge in [0, 0.05) is 31.9 Å². The van der Waals surface area contributed by atoms with E-state index in [1.165, 1.54) is 0 Å². The molecule has 2 heterocycles. The Morgan fingerprint density at radius 2 is 2.16 bits per heavy atom. The Morgan fingerprint density at radius 3 is 2.95 bits per heavy atom. The van der Waals surface area contributed by atoms with Gasteiger partial charge in [0.25, 0.3) is 0 Å². The fourth-order valence-electron chi connectivity index (χ4n) is 2.45. The summed E-state index contributed by atoms with van der Waals surface area (Å²) in [7, 11) is 0. The van der Waals surface area contributed by atoms with Crippen molar-refractivity contribution in [2.24, 2.45) is 5.92 Å². The highest BCUT2D eigenvalue weighted by atomic mass is 16.5. The van der Waals surface area contributed by atoms with Crippen molar-refractivity contribution < 1.29 is 9.15 Å². The molecule has 2 aromatic rings. The van der Waals surface area contributed by atoms with Crippen molar-refractivity contribution >= 4 is 16.8 Å². The average Bonchev–Trinajstić information content (AvgIpc) is 2.88. The van der Waals surface area contributed by atoms with Crippen molar-refractivity contribution in [1.29, 1.82) is 0 Å². The number of rotatable bonds is 4. The first-order valence-electron chi connectivity index (χ1n) is 7.06. The van der Waals surface area contributed by atoms with E-state index < -0.39 is 0 Å². The minimum Gasteiger partial charge on any atom is -0.441 e. The summed E-state index contributed by atoms with van der Waals surface area (Å²) in [4.78, 5) is 4.46. The number of nitrogens with one attached hydrogen (secondary N) is 1. The van der Waals surface area contributed by atoms with Crippen molar-refractivity contribution in [1.82, 2.24) is 4.98 Å². The Balaban J connectivity index is 1.66. The van der Waals surface area contributed by atoms with Crippen molar-refractivity contribution in [2.45, 2.75) is 26.2 Å². The van der Waals surface area contributed by atoms with Gasteiger partial charge in [0.15, 0.2) is 11.5 Å². The molecule has 0 amide bonds. The van der Waals surface area contributed by atoms with Gasteiger partial charge in [-0.3, -0.25) is 0 Å². The lowest BCUT2D eigenvalue weighted by Crippen LogP contribution is -2.22. The SMILES string of the molecule is CCc1nc2cc(NCC3CCOCC3)ccc2o1. The second kappa shape index (κ2) is 5.61. The maximum absolute atomic E-state index is 5.61. The molecule has 1 N–H and O–H groups in total. The zero-order valence-electron chi connectivity index (χ0n) is 11.3. The Hall–Kier alpha value is -1.55. The van der Waals surface area contributed by atoms with E-state index in [-0.39, 0.29) is 0 Å². The number of fused-ring (bicyclic) bond motifs is 1. The molecule has 0 bridgehead atoms. The Labute approximate surface area is 113 Å². The van der Waals surface area contributed by atoms with Gasteiger partial charge < -0.3 is 14.5 Å². The van der Waals surface area contributed by atoms with E-state index in [4.69, 9.17) is 9.15 Å². The topological polar surface area (TPSA) is 47.3 Å². The summed E-state index contributed by atoms with van der Waals surface area (Å²) >= 11 is 0. The number of anilines is 1. The number of benzene rings is 1. The van der Waals surface area contributed by atoms with Crippen molar-refractivity contribution in [2.75, 3.05) is 25.1 Å². The van der Waals surface area contributed by atoms with Crippen molar-refractivity contribution in [3.05, 3.63) is 24.1 Å². The molecule has 1 aliphatic heterocycles. The van der Waals surface area contributed by atoms with E-state index in [1.54, 1.807) is 0 Å². The second-order valence-corrected chi connectivity index (χ2v) is 5.08. The number of hydrogen-bond donors (Lipinski definition) is 1. The normalized spacial score (nSPS) is 16.9. The molecule has 19 heavy (non-hydrogen) atoms. The van der Waals surface area contributed by atoms with Gasteiger partial charge in [-0.15, -0.1) is 0 Å². The van der Waals surface area contributed by atoms with Crippen LogP contribution in [0.5, 0.6) is 0 Å². The number of oxazole rings is 1. The van der Waals surface area contributed by atoms with Crippen molar-refractivity contribution in [3.8, 4) is 0 Å². The van der Waals surface area contributed by atoms with Gasteiger partial charge >= 0.3 is 0 Å². The van der Waals surface area contributed by atoms with Gasteiger partial charge in [-0.1, -0.05) is 6.92 Å². The molecule has 0 atom stereocenters.